The molecule has 0 spiro atoms. The Bertz CT molecular complexity index is 1100. The van der Waals surface area contributed by atoms with Crippen molar-refractivity contribution in [3.63, 3.8) is 0 Å². The summed E-state index contributed by atoms with van der Waals surface area (Å²) in [6.45, 7) is 3.59. The number of aryl methyl sites for hydroxylation is 1. The average molecular weight is 394 g/mol. The zero-order valence-corrected chi connectivity index (χ0v) is 16.4. The molecule has 2 N–H and O–H groups in total. The second-order valence-electron chi connectivity index (χ2n) is 6.51. The second kappa shape index (κ2) is 8.60. The van der Waals surface area contributed by atoms with Crippen LogP contribution in [0.25, 0.3) is 11.0 Å². The van der Waals surface area contributed by atoms with Gasteiger partial charge in [0.05, 0.1) is 0 Å². The molecule has 1 heterocycles. The molecule has 7 heteroatoms. The number of benzene rings is 2. The summed E-state index contributed by atoms with van der Waals surface area (Å²) in [5, 5.41) is 6.12. The van der Waals surface area contributed by atoms with E-state index in [1.807, 2.05) is 13.0 Å². The Hall–Kier alpha value is -3.61. The Morgan fingerprint density at radius 1 is 1.10 bits per heavy atom. The Labute approximate surface area is 167 Å². The molecule has 0 bridgehead atoms. The van der Waals surface area contributed by atoms with E-state index in [4.69, 9.17) is 9.15 Å². The van der Waals surface area contributed by atoms with Gasteiger partial charge in [0.25, 0.3) is 11.8 Å². The van der Waals surface area contributed by atoms with Crippen molar-refractivity contribution >= 4 is 28.5 Å². The van der Waals surface area contributed by atoms with Gasteiger partial charge in [0.2, 0.25) is 0 Å². The summed E-state index contributed by atoms with van der Waals surface area (Å²) in [6.07, 6.45) is -0.0769. The monoisotopic (exact) mass is 394 g/mol. The van der Waals surface area contributed by atoms with Gasteiger partial charge in [-0.25, -0.2) is 4.79 Å². The predicted octanol–water partition coefficient (Wildman–Crippen LogP) is 3.12. The standard InChI is InChI=1S/C22H22N2O5/c1-4-14-11-20(25)29-19-12-17(9-10-18(14)19)28-13(2)21(26)24-16-7-5-15(6-8-16)22(27)23-3/h5-13H,4H2,1-3H3,(H,23,27)(H,24,26). The lowest BCUT2D eigenvalue weighted by atomic mass is 10.1. The summed E-state index contributed by atoms with van der Waals surface area (Å²) in [4.78, 5) is 35.7. The van der Waals surface area contributed by atoms with Gasteiger partial charge in [0.1, 0.15) is 11.3 Å². The van der Waals surface area contributed by atoms with Gasteiger partial charge in [0, 0.05) is 35.8 Å². The van der Waals surface area contributed by atoms with Gasteiger partial charge < -0.3 is 19.8 Å². The van der Waals surface area contributed by atoms with Crippen molar-refractivity contribution in [3.05, 3.63) is 70.1 Å². The van der Waals surface area contributed by atoms with Crippen molar-refractivity contribution in [2.45, 2.75) is 26.4 Å². The molecule has 2 aromatic carbocycles. The van der Waals surface area contributed by atoms with Gasteiger partial charge in [-0.3, -0.25) is 9.59 Å². The number of rotatable bonds is 6. The van der Waals surface area contributed by atoms with E-state index < -0.39 is 11.7 Å². The third-order valence-corrected chi connectivity index (χ3v) is 4.51. The van der Waals surface area contributed by atoms with Gasteiger partial charge in [-0.15, -0.1) is 0 Å². The molecule has 3 rings (SSSR count). The van der Waals surface area contributed by atoms with E-state index in [0.717, 1.165) is 10.9 Å². The zero-order valence-electron chi connectivity index (χ0n) is 16.4. The van der Waals surface area contributed by atoms with E-state index in [1.165, 1.54) is 6.07 Å². The summed E-state index contributed by atoms with van der Waals surface area (Å²) in [7, 11) is 1.55. The van der Waals surface area contributed by atoms with Gasteiger partial charge in [-0.05, 0) is 55.3 Å². The van der Waals surface area contributed by atoms with Crippen LogP contribution in [0.2, 0.25) is 0 Å². The largest absolute Gasteiger partial charge is 0.481 e. The number of carbonyl (C=O) groups excluding carboxylic acids is 2. The lowest BCUT2D eigenvalue weighted by Crippen LogP contribution is -2.30. The highest BCUT2D eigenvalue weighted by Crippen LogP contribution is 2.24. The zero-order chi connectivity index (χ0) is 21.0. The molecule has 0 aliphatic carbocycles. The minimum atomic E-state index is -0.785. The van der Waals surface area contributed by atoms with Crippen LogP contribution in [0, 0.1) is 0 Å². The van der Waals surface area contributed by atoms with Crippen molar-refractivity contribution in [3.8, 4) is 5.75 Å². The predicted molar refractivity (Wildman–Crippen MR) is 110 cm³/mol. The molecule has 2 amide bonds. The smallest absolute Gasteiger partial charge is 0.336 e. The second-order valence-corrected chi connectivity index (χ2v) is 6.51. The minimum absolute atomic E-state index is 0.200. The maximum absolute atomic E-state index is 12.4. The normalized spacial score (nSPS) is 11.7. The molecule has 0 saturated carbocycles. The molecule has 1 atom stereocenters. The maximum atomic E-state index is 12.4. The van der Waals surface area contributed by atoms with Crippen LogP contribution >= 0.6 is 0 Å². The fraction of sp³-hybridized carbons (Fsp3) is 0.227. The highest BCUT2D eigenvalue weighted by Gasteiger charge is 2.16. The lowest BCUT2D eigenvalue weighted by molar-refractivity contribution is -0.122. The fourth-order valence-corrected chi connectivity index (χ4v) is 2.93. The van der Waals surface area contributed by atoms with Crippen molar-refractivity contribution in [1.82, 2.24) is 5.32 Å². The highest BCUT2D eigenvalue weighted by molar-refractivity contribution is 5.96. The van der Waals surface area contributed by atoms with Crippen LogP contribution in [0.3, 0.4) is 0 Å². The minimum Gasteiger partial charge on any atom is -0.481 e. The number of nitrogens with one attached hydrogen (secondary N) is 2. The first-order valence-electron chi connectivity index (χ1n) is 9.27. The van der Waals surface area contributed by atoms with Crippen molar-refractivity contribution in [2.24, 2.45) is 0 Å². The maximum Gasteiger partial charge on any atom is 0.336 e. The van der Waals surface area contributed by atoms with Crippen LogP contribution in [0.15, 0.2) is 57.7 Å². The number of ether oxygens (including phenoxy) is 1. The number of anilines is 1. The third kappa shape index (κ3) is 4.63. The molecule has 0 saturated heterocycles. The molecule has 7 nitrogen and oxygen atoms in total. The number of hydrogen-bond acceptors (Lipinski definition) is 5. The molecule has 0 radical (unpaired) electrons. The number of amides is 2. The molecule has 0 aliphatic heterocycles. The average Bonchev–Trinajstić information content (AvgIpc) is 2.72. The highest BCUT2D eigenvalue weighted by atomic mass is 16.5. The topological polar surface area (TPSA) is 97.6 Å². The Kier molecular flexibility index (Phi) is 5.97. The summed E-state index contributed by atoms with van der Waals surface area (Å²) in [6, 6.07) is 13.2. The molecule has 150 valence electrons. The molecule has 1 unspecified atom stereocenters. The van der Waals surface area contributed by atoms with Crippen molar-refractivity contribution < 1.29 is 18.7 Å². The van der Waals surface area contributed by atoms with E-state index in [-0.39, 0.29) is 11.8 Å². The van der Waals surface area contributed by atoms with Crippen LogP contribution in [0.5, 0.6) is 5.75 Å². The van der Waals surface area contributed by atoms with Crippen LogP contribution in [-0.4, -0.2) is 25.0 Å². The van der Waals surface area contributed by atoms with Crippen LogP contribution in [-0.2, 0) is 11.2 Å². The van der Waals surface area contributed by atoms with Crippen molar-refractivity contribution in [2.75, 3.05) is 12.4 Å². The fourth-order valence-electron chi connectivity index (χ4n) is 2.93. The Morgan fingerprint density at radius 3 is 2.48 bits per heavy atom. The molecule has 1 aromatic heterocycles. The Morgan fingerprint density at radius 2 is 1.83 bits per heavy atom. The summed E-state index contributed by atoms with van der Waals surface area (Å²) in [5.41, 5.74) is 1.95. The Balaban J connectivity index is 1.70. The first-order valence-corrected chi connectivity index (χ1v) is 9.27. The number of hydrogen-bond donors (Lipinski definition) is 2. The van der Waals surface area contributed by atoms with E-state index in [2.05, 4.69) is 10.6 Å². The van der Waals surface area contributed by atoms with Crippen molar-refractivity contribution in [1.29, 1.82) is 0 Å². The van der Waals surface area contributed by atoms with Crippen LogP contribution in [0.1, 0.15) is 29.8 Å². The van der Waals surface area contributed by atoms with E-state index in [1.54, 1.807) is 50.4 Å². The van der Waals surface area contributed by atoms with Gasteiger partial charge in [0.15, 0.2) is 6.10 Å². The van der Waals surface area contributed by atoms with Gasteiger partial charge in [-0.1, -0.05) is 6.92 Å². The third-order valence-electron chi connectivity index (χ3n) is 4.51. The number of carbonyl (C=O) groups is 2. The molecule has 29 heavy (non-hydrogen) atoms. The molecule has 3 aromatic rings. The first-order chi connectivity index (χ1) is 13.9. The lowest BCUT2D eigenvalue weighted by Gasteiger charge is -2.15. The molecule has 0 aliphatic rings. The molecular formula is C22H22N2O5. The van der Waals surface area contributed by atoms with E-state index >= 15 is 0 Å². The van der Waals surface area contributed by atoms with Gasteiger partial charge in [-0.2, -0.15) is 0 Å². The number of fused-ring (bicyclic) bond motifs is 1. The SMILES string of the molecule is CCc1cc(=O)oc2cc(OC(C)C(=O)Nc3ccc(C(=O)NC)cc3)ccc12. The van der Waals surface area contributed by atoms with Gasteiger partial charge >= 0.3 is 5.63 Å². The quantitative estimate of drug-likeness (QED) is 0.626. The summed E-state index contributed by atoms with van der Waals surface area (Å²) < 4.78 is 11.0. The molecular weight excluding hydrogens is 372 g/mol. The van der Waals surface area contributed by atoms with E-state index in [0.29, 0.717) is 29.0 Å². The summed E-state index contributed by atoms with van der Waals surface area (Å²) >= 11 is 0. The van der Waals surface area contributed by atoms with Crippen LogP contribution in [0.4, 0.5) is 5.69 Å². The molecule has 0 fully saturated rings. The summed E-state index contributed by atoms with van der Waals surface area (Å²) in [5.74, 6) is -0.123. The van der Waals surface area contributed by atoms with E-state index in [9.17, 15) is 14.4 Å². The van der Waals surface area contributed by atoms with Crippen LogP contribution < -0.4 is 21.0 Å². The first kappa shape index (κ1) is 20.1.